The number of benzene rings is 8. The molecule has 4 nitrogen and oxygen atoms in total. The Balaban J connectivity index is 0.000000125. The maximum Gasteiger partial charge on any atom is 0.158 e. The van der Waals surface area contributed by atoms with Crippen molar-refractivity contribution in [3.63, 3.8) is 0 Å². The van der Waals surface area contributed by atoms with Crippen molar-refractivity contribution in [1.82, 2.24) is 0 Å². The predicted octanol–water partition coefficient (Wildman–Crippen LogP) is 14.3. The molecule has 2 aromatic heterocycles. The molecule has 53 heavy (non-hydrogen) atoms. The van der Waals surface area contributed by atoms with Crippen LogP contribution in [0, 0.1) is 0 Å². The van der Waals surface area contributed by atoms with E-state index in [4.69, 9.17) is 14.6 Å². The summed E-state index contributed by atoms with van der Waals surface area (Å²) >= 11 is 3.48. The number of hydrogen-bond donors (Lipinski definition) is 2. The molecule has 10 aromatic rings. The van der Waals surface area contributed by atoms with E-state index < -0.39 is 0 Å². The van der Waals surface area contributed by atoms with Crippen LogP contribution in [0.1, 0.15) is 0 Å². The van der Waals surface area contributed by atoms with Crippen molar-refractivity contribution in [3.05, 3.63) is 199 Å². The standard InChI is InChI=1S/C24H17NO.C12H7BrO.C12H11N/c1-2-7-17(8-3-1)18-13-15-19(16-14-18)25-22-11-6-10-21-20-9-4-5-12-23(20)26-24(21)22;13-10-6-3-5-9-8-4-1-2-7-11(8)14-12(9)10;13-12-8-6-11(7-9-12)10-4-2-1-3-5-10/h1-16,25H;1-7H;1-9H,13H2. The van der Waals surface area contributed by atoms with Crippen molar-refractivity contribution in [1.29, 1.82) is 0 Å². The van der Waals surface area contributed by atoms with E-state index in [2.05, 4.69) is 118 Å². The second-order valence-electron chi connectivity index (χ2n) is 12.6. The fourth-order valence-corrected chi connectivity index (χ4v) is 6.84. The van der Waals surface area contributed by atoms with Gasteiger partial charge >= 0.3 is 0 Å². The lowest BCUT2D eigenvalue weighted by Crippen LogP contribution is -1.90. The van der Waals surface area contributed by atoms with Crippen LogP contribution in [0.3, 0.4) is 0 Å². The van der Waals surface area contributed by atoms with Crippen LogP contribution in [0.5, 0.6) is 0 Å². The van der Waals surface area contributed by atoms with E-state index in [1.54, 1.807) is 0 Å². The summed E-state index contributed by atoms with van der Waals surface area (Å²) in [6.07, 6.45) is 0. The Labute approximate surface area is 316 Å². The van der Waals surface area contributed by atoms with Crippen molar-refractivity contribution in [2.24, 2.45) is 0 Å². The SMILES string of the molecule is Brc1cccc2c1oc1ccccc12.Nc1ccc(-c2ccccc2)cc1.c1ccc(-c2ccc(Nc3cccc4c3oc3ccccc34)cc2)cc1. The first kappa shape index (κ1) is 33.6. The van der Waals surface area contributed by atoms with Crippen molar-refractivity contribution >= 4 is 76.9 Å². The highest BCUT2D eigenvalue weighted by Crippen LogP contribution is 2.35. The first-order valence-corrected chi connectivity index (χ1v) is 18.2. The van der Waals surface area contributed by atoms with Crippen LogP contribution in [-0.2, 0) is 0 Å². The summed E-state index contributed by atoms with van der Waals surface area (Å²) in [5, 5.41) is 8.10. The summed E-state index contributed by atoms with van der Waals surface area (Å²) in [5.74, 6) is 0. The normalized spacial score (nSPS) is 10.8. The smallest absolute Gasteiger partial charge is 0.158 e. The maximum absolute atomic E-state index is 6.09. The van der Waals surface area contributed by atoms with Crippen LogP contribution in [-0.4, -0.2) is 0 Å². The first-order chi connectivity index (χ1) is 26.1. The van der Waals surface area contributed by atoms with Crippen molar-refractivity contribution in [2.45, 2.75) is 0 Å². The predicted molar refractivity (Wildman–Crippen MR) is 227 cm³/mol. The summed E-state index contributed by atoms with van der Waals surface area (Å²) in [4.78, 5) is 0. The van der Waals surface area contributed by atoms with Gasteiger partial charge in [0, 0.05) is 32.9 Å². The minimum atomic E-state index is 0.805. The van der Waals surface area contributed by atoms with Crippen LogP contribution in [0.2, 0.25) is 0 Å². The third-order valence-corrected chi connectivity index (χ3v) is 9.67. The van der Waals surface area contributed by atoms with Crippen LogP contribution < -0.4 is 11.1 Å². The van der Waals surface area contributed by atoms with Gasteiger partial charge in [-0.15, -0.1) is 0 Å². The lowest BCUT2D eigenvalue weighted by Gasteiger charge is -2.08. The Morgan fingerprint density at radius 2 is 0.811 bits per heavy atom. The van der Waals surface area contributed by atoms with E-state index in [1.165, 1.54) is 27.6 Å². The van der Waals surface area contributed by atoms with Gasteiger partial charge in [-0.3, -0.25) is 0 Å². The number of fused-ring (bicyclic) bond motifs is 6. The fraction of sp³-hybridized carbons (Fsp3) is 0. The molecule has 0 aliphatic rings. The monoisotopic (exact) mass is 750 g/mol. The van der Waals surface area contributed by atoms with Crippen LogP contribution >= 0.6 is 15.9 Å². The van der Waals surface area contributed by atoms with Gasteiger partial charge in [-0.2, -0.15) is 0 Å². The molecule has 0 aliphatic heterocycles. The number of rotatable bonds is 4. The third-order valence-electron chi connectivity index (χ3n) is 9.05. The fourth-order valence-electron chi connectivity index (χ4n) is 6.40. The first-order valence-electron chi connectivity index (χ1n) is 17.4. The molecule has 256 valence electrons. The molecule has 0 radical (unpaired) electrons. The number of anilines is 3. The van der Waals surface area contributed by atoms with Gasteiger partial charge in [-0.1, -0.05) is 146 Å². The topological polar surface area (TPSA) is 64.3 Å². The van der Waals surface area contributed by atoms with Crippen LogP contribution in [0.4, 0.5) is 17.1 Å². The molecule has 3 N–H and O–H groups in total. The molecule has 0 spiro atoms. The number of halogens is 1. The zero-order valence-corrected chi connectivity index (χ0v) is 30.3. The highest BCUT2D eigenvalue weighted by Gasteiger charge is 2.11. The lowest BCUT2D eigenvalue weighted by molar-refractivity contribution is 0.667. The van der Waals surface area contributed by atoms with Gasteiger partial charge in [0.05, 0.1) is 10.2 Å². The number of nitrogens with two attached hydrogens (primary N) is 1. The van der Waals surface area contributed by atoms with E-state index in [1.807, 2.05) is 97.1 Å². The Hall–Kier alpha value is -6.56. The molecular weight excluding hydrogens is 716 g/mol. The van der Waals surface area contributed by atoms with Gasteiger partial charge in [0.15, 0.2) is 5.58 Å². The number of hydrogen-bond acceptors (Lipinski definition) is 4. The van der Waals surface area contributed by atoms with E-state index in [0.717, 1.165) is 60.0 Å². The zero-order chi connectivity index (χ0) is 36.0. The molecule has 2 heterocycles. The summed E-state index contributed by atoms with van der Waals surface area (Å²) in [6.45, 7) is 0. The number of nitrogen functional groups attached to an aromatic ring is 1. The van der Waals surface area contributed by atoms with Gasteiger partial charge in [0.1, 0.15) is 16.7 Å². The average molecular weight is 752 g/mol. The van der Waals surface area contributed by atoms with Gasteiger partial charge in [0.25, 0.3) is 0 Å². The summed E-state index contributed by atoms with van der Waals surface area (Å²) in [7, 11) is 0. The molecule has 0 saturated heterocycles. The van der Waals surface area contributed by atoms with Crippen LogP contribution in [0.15, 0.2) is 207 Å². The molecule has 10 rings (SSSR count). The highest BCUT2D eigenvalue weighted by atomic mass is 79.9. The number of nitrogens with one attached hydrogen (secondary N) is 1. The molecule has 8 aromatic carbocycles. The van der Waals surface area contributed by atoms with Crippen molar-refractivity contribution in [3.8, 4) is 22.3 Å². The maximum atomic E-state index is 6.09. The van der Waals surface area contributed by atoms with Crippen LogP contribution in [0.25, 0.3) is 66.1 Å². The molecule has 0 amide bonds. The van der Waals surface area contributed by atoms with Gasteiger partial charge < -0.3 is 19.9 Å². The van der Waals surface area contributed by atoms with Gasteiger partial charge in [-0.25, -0.2) is 0 Å². The van der Waals surface area contributed by atoms with E-state index in [9.17, 15) is 0 Å². The third kappa shape index (κ3) is 7.43. The van der Waals surface area contributed by atoms with Crippen molar-refractivity contribution < 1.29 is 8.83 Å². The molecule has 0 fully saturated rings. The minimum Gasteiger partial charge on any atom is -0.455 e. The van der Waals surface area contributed by atoms with E-state index in [-0.39, 0.29) is 0 Å². The highest BCUT2D eigenvalue weighted by molar-refractivity contribution is 9.10. The molecular formula is C48H35BrN2O2. The Morgan fingerprint density at radius 1 is 0.377 bits per heavy atom. The quantitative estimate of drug-likeness (QED) is 0.176. The number of para-hydroxylation sites is 4. The average Bonchev–Trinajstić information content (AvgIpc) is 3.80. The van der Waals surface area contributed by atoms with E-state index >= 15 is 0 Å². The van der Waals surface area contributed by atoms with Gasteiger partial charge in [-0.05, 0) is 86.7 Å². The summed E-state index contributed by atoms with van der Waals surface area (Å²) < 4.78 is 12.8. The zero-order valence-electron chi connectivity index (χ0n) is 28.7. The van der Waals surface area contributed by atoms with Crippen molar-refractivity contribution in [2.75, 3.05) is 11.1 Å². The molecule has 0 aliphatic carbocycles. The molecule has 0 saturated carbocycles. The van der Waals surface area contributed by atoms with Gasteiger partial charge in [0.2, 0.25) is 0 Å². The molecule has 5 heteroatoms. The molecule has 0 atom stereocenters. The molecule has 0 bridgehead atoms. The number of furan rings is 2. The largest absolute Gasteiger partial charge is 0.455 e. The molecule has 0 unspecified atom stereocenters. The second kappa shape index (κ2) is 15.4. The minimum absolute atomic E-state index is 0.805. The van der Waals surface area contributed by atoms with E-state index in [0.29, 0.717) is 0 Å². The Kier molecular flexibility index (Phi) is 9.73. The second-order valence-corrected chi connectivity index (χ2v) is 13.4. The summed E-state index contributed by atoms with van der Waals surface area (Å²) in [6, 6.07) is 65.6. The Morgan fingerprint density at radius 3 is 1.40 bits per heavy atom. The Bertz CT molecular complexity index is 2750. The summed E-state index contributed by atoms with van der Waals surface area (Å²) in [5.41, 5.74) is 16.9. The lowest BCUT2D eigenvalue weighted by atomic mass is 10.1.